The molecule has 1 aromatic carbocycles. The fraction of sp³-hybridized carbons (Fsp3) is 0.167. The van der Waals surface area contributed by atoms with E-state index in [1.54, 1.807) is 24.3 Å². The summed E-state index contributed by atoms with van der Waals surface area (Å²) in [5.41, 5.74) is 0.908. The molecule has 4 nitrogen and oxygen atoms in total. The molecule has 1 N–H and O–H groups in total. The summed E-state index contributed by atoms with van der Waals surface area (Å²) in [7, 11) is -1.62. The molecular formula is C12H13BrN2O2S. The van der Waals surface area contributed by atoms with Crippen LogP contribution < -0.4 is 4.72 Å². The van der Waals surface area contributed by atoms with E-state index in [1.807, 2.05) is 29.9 Å². The molecule has 0 aliphatic carbocycles. The molecule has 2 aromatic rings. The number of hydrogen-bond acceptors (Lipinski definition) is 2. The van der Waals surface area contributed by atoms with E-state index in [0.29, 0.717) is 4.47 Å². The summed E-state index contributed by atoms with van der Waals surface area (Å²) in [5.74, 6) is 0. The fourth-order valence-corrected chi connectivity index (χ4v) is 3.59. The number of benzene rings is 1. The SMILES string of the molecule is Cn1cccc1CNS(=O)(=O)c1ccccc1Br. The molecule has 0 aliphatic heterocycles. The van der Waals surface area contributed by atoms with Gasteiger partial charge < -0.3 is 4.57 Å². The largest absolute Gasteiger partial charge is 0.353 e. The van der Waals surface area contributed by atoms with Gasteiger partial charge >= 0.3 is 0 Å². The third kappa shape index (κ3) is 2.82. The van der Waals surface area contributed by atoms with Gasteiger partial charge in [-0.3, -0.25) is 0 Å². The van der Waals surface area contributed by atoms with Crippen LogP contribution >= 0.6 is 15.9 Å². The minimum absolute atomic E-state index is 0.249. The van der Waals surface area contributed by atoms with Crippen molar-refractivity contribution in [2.24, 2.45) is 7.05 Å². The number of nitrogens with zero attached hydrogens (tertiary/aromatic N) is 1. The minimum atomic E-state index is -3.49. The van der Waals surface area contributed by atoms with Crippen molar-refractivity contribution in [3.8, 4) is 0 Å². The highest BCUT2D eigenvalue weighted by Crippen LogP contribution is 2.21. The first kappa shape index (κ1) is 13.3. The van der Waals surface area contributed by atoms with Crippen LogP contribution in [0.1, 0.15) is 5.69 Å². The summed E-state index contributed by atoms with van der Waals surface area (Å²) in [6, 6.07) is 10.5. The normalized spacial score (nSPS) is 11.7. The molecule has 0 atom stereocenters. The van der Waals surface area contributed by atoms with Crippen molar-refractivity contribution in [3.05, 3.63) is 52.8 Å². The number of sulfonamides is 1. The van der Waals surface area contributed by atoms with Crippen LogP contribution in [0.5, 0.6) is 0 Å². The Morgan fingerprint density at radius 1 is 1.22 bits per heavy atom. The highest BCUT2D eigenvalue weighted by atomic mass is 79.9. The molecule has 0 saturated heterocycles. The maximum Gasteiger partial charge on any atom is 0.242 e. The molecule has 0 bridgehead atoms. The molecule has 2 rings (SSSR count). The van der Waals surface area contributed by atoms with E-state index in [1.165, 1.54) is 0 Å². The molecule has 0 unspecified atom stereocenters. The first-order valence-electron chi connectivity index (χ1n) is 5.35. The Kier molecular flexibility index (Phi) is 3.89. The molecule has 18 heavy (non-hydrogen) atoms. The first-order chi connectivity index (χ1) is 8.50. The summed E-state index contributed by atoms with van der Waals surface area (Å²) in [6.45, 7) is 0.271. The van der Waals surface area contributed by atoms with E-state index in [-0.39, 0.29) is 11.4 Å². The summed E-state index contributed by atoms with van der Waals surface area (Å²) >= 11 is 3.24. The second kappa shape index (κ2) is 5.26. The lowest BCUT2D eigenvalue weighted by Crippen LogP contribution is -2.24. The van der Waals surface area contributed by atoms with E-state index in [9.17, 15) is 8.42 Å². The second-order valence-electron chi connectivity index (χ2n) is 3.87. The van der Waals surface area contributed by atoms with Gasteiger partial charge in [-0.25, -0.2) is 13.1 Å². The number of nitrogens with one attached hydrogen (secondary N) is 1. The van der Waals surface area contributed by atoms with E-state index in [2.05, 4.69) is 20.7 Å². The van der Waals surface area contributed by atoms with Gasteiger partial charge in [0.25, 0.3) is 0 Å². The topological polar surface area (TPSA) is 51.1 Å². The van der Waals surface area contributed by atoms with Crippen LogP contribution in [0.15, 0.2) is 52.0 Å². The Balaban J connectivity index is 2.19. The lowest BCUT2D eigenvalue weighted by Gasteiger charge is -2.09. The van der Waals surface area contributed by atoms with Crippen LogP contribution in [0.3, 0.4) is 0 Å². The quantitative estimate of drug-likeness (QED) is 0.935. The average molecular weight is 329 g/mol. The maximum absolute atomic E-state index is 12.1. The van der Waals surface area contributed by atoms with Gasteiger partial charge in [0.2, 0.25) is 10.0 Å². The van der Waals surface area contributed by atoms with Crippen molar-refractivity contribution < 1.29 is 8.42 Å². The molecule has 96 valence electrons. The van der Waals surface area contributed by atoms with Crippen LogP contribution in [-0.2, 0) is 23.6 Å². The highest BCUT2D eigenvalue weighted by molar-refractivity contribution is 9.10. The summed E-state index contributed by atoms with van der Waals surface area (Å²) in [4.78, 5) is 0.249. The maximum atomic E-state index is 12.1. The monoisotopic (exact) mass is 328 g/mol. The fourth-order valence-electron chi connectivity index (χ4n) is 1.59. The van der Waals surface area contributed by atoms with Gasteiger partial charge in [-0.15, -0.1) is 0 Å². The van der Waals surface area contributed by atoms with Crippen LogP contribution in [0, 0.1) is 0 Å². The van der Waals surface area contributed by atoms with Crippen LogP contribution in [0.2, 0.25) is 0 Å². The summed E-state index contributed by atoms with van der Waals surface area (Å²) in [6.07, 6.45) is 1.88. The van der Waals surface area contributed by atoms with Crippen molar-refractivity contribution in [2.75, 3.05) is 0 Å². The third-order valence-corrected chi connectivity index (χ3v) is 5.03. The van der Waals surface area contributed by atoms with Crippen molar-refractivity contribution in [1.82, 2.24) is 9.29 Å². The number of aromatic nitrogens is 1. The zero-order valence-corrected chi connectivity index (χ0v) is 12.2. The standard InChI is InChI=1S/C12H13BrN2O2S/c1-15-8-4-5-10(15)9-14-18(16,17)12-7-3-2-6-11(12)13/h2-8,14H,9H2,1H3. The third-order valence-electron chi connectivity index (χ3n) is 2.62. The van der Waals surface area contributed by atoms with Gasteiger partial charge in [0, 0.05) is 23.4 Å². The second-order valence-corrected chi connectivity index (χ2v) is 6.46. The number of rotatable bonds is 4. The van der Waals surface area contributed by atoms with Gasteiger partial charge in [0.15, 0.2) is 0 Å². The first-order valence-corrected chi connectivity index (χ1v) is 7.63. The van der Waals surface area contributed by atoms with Crippen LogP contribution in [-0.4, -0.2) is 13.0 Å². The lowest BCUT2D eigenvalue weighted by molar-refractivity contribution is 0.578. The van der Waals surface area contributed by atoms with Crippen LogP contribution in [0.4, 0.5) is 0 Å². The predicted octanol–water partition coefficient (Wildman–Crippen LogP) is 2.27. The molecule has 0 aliphatic rings. The Morgan fingerprint density at radius 2 is 1.94 bits per heavy atom. The molecule has 0 fully saturated rings. The van der Waals surface area contributed by atoms with Gasteiger partial charge in [-0.1, -0.05) is 12.1 Å². The Labute approximate surface area is 115 Å². The summed E-state index contributed by atoms with van der Waals surface area (Å²) < 4.78 is 29.2. The predicted molar refractivity (Wildman–Crippen MR) is 73.6 cm³/mol. The molecule has 0 amide bonds. The van der Waals surface area contributed by atoms with E-state index in [4.69, 9.17) is 0 Å². The molecule has 1 heterocycles. The average Bonchev–Trinajstić information content (AvgIpc) is 2.73. The van der Waals surface area contributed by atoms with Crippen molar-refractivity contribution in [3.63, 3.8) is 0 Å². The molecule has 0 saturated carbocycles. The van der Waals surface area contributed by atoms with E-state index in [0.717, 1.165) is 5.69 Å². The molecule has 6 heteroatoms. The number of hydrogen-bond donors (Lipinski definition) is 1. The Morgan fingerprint density at radius 3 is 2.56 bits per heavy atom. The number of aryl methyl sites for hydroxylation is 1. The van der Waals surface area contributed by atoms with Crippen LogP contribution in [0.25, 0.3) is 0 Å². The van der Waals surface area contributed by atoms with Gasteiger partial charge in [0.1, 0.15) is 0 Å². The Hall–Kier alpha value is -1.11. The van der Waals surface area contributed by atoms with Crippen molar-refractivity contribution in [1.29, 1.82) is 0 Å². The van der Waals surface area contributed by atoms with E-state index < -0.39 is 10.0 Å². The van der Waals surface area contributed by atoms with Crippen molar-refractivity contribution in [2.45, 2.75) is 11.4 Å². The van der Waals surface area contributed by atoms with Gasteiger partial charge in [0.05, 0.1) is 11.4 Å². The molecule has 1 aromatic heterocycles. The molecule has 0 spiro atoms. The zero-order chi connectivity index (χ0) is 13.2. The molecular weight excluding hydrogens is 316 g/mol. The zero-order valence-electron chi connectivity index (χ0n) is 9.80. The summed E-state index contributed by atoms with van der Waals surface area (Å²) in [5, 5.41) is 0. The smallest absolute Gasteiger partial charge is 0.242 e. The van der Waals surface area contributed by atoms with E-state index >= 15 is 0 Å². The van der Waals surface area contributed by atoms with Gasteiger partial charge in [-0.2, -0.15) is 0 Å². The highest BCUT2D eigenvalue weighted by Gasteiger charge is 2.16. The lowest BCUT2D eigenvalue weighted by atomic mass is 10.4. The Bertz CT molecular complexity index is 650. The van der Waals surface area contributed by atoms with Gasteiger partial charge in [-0.05, 0) is 40.2 Å². The number of halogens is 1. The minimum Gasteiger partial charge on any atom is -0.353 e. The van der Waals surface area contributed by atoms with Crippen molar-refractivity contribution >= 4 is 26.0 Å². The molecule has 0 radical (unpaired) electrons.